The molecular weight excluding hydrogens is 446 g/mol. The molecule has 152 valence electrons. The number of anilines is 1. The van der Waals surface area contributed by atoms with Gasteiger partial charge >= 0.3 is 0 Å². The minimum Gasteiger partial charge on any atom is -0.493 e. The van der Waals surface area contributed by atoms with Crippen molar-refractivity contribution in [1.29, 1.82) is 0 Å². The molecule has 7 heteroatoms. The first-order chi connectivity index (χ1) is 14.6. The van der Waals surface area contributed by atoms with Crippen LogP contribution in [0.4, 0.5) is 5.69 Å². The van der Waals surface area contributed by atoms with E-state index < -0.39 is 0 Å². The molecule has 1 N–H and O–H groups in total. The highest BCUT2D eigenvalue weighted by Gasteiger charge is 2.15. The zero-order chi connectivity index (χ0) is 20.9. The van der Waals surface area contributed by atoms with Gasteiger partial charge < -0.3 is 19.4 Å². The van der Waals surface area contributed by atoms with Gasteiger partial charge in [-0.15, -0.1) is 0 Å². The predicted octanol–water partition coefficient (Wildman–Crippen LogP) is 5.03. The van der Waals surface area contributed by atoms with Gasteiger partial charge in [0.25, 0.3) is 0 Å². The number of amides is 1. The monoisotopic (exact) mass is 465 g/mol. The van der Waals surface area contributed by atoms with Gasteiger partial charge in [0.15, 0.2) is 11.5 Å². The Morgan fingerprint density at radius 1 is 1.00 bits per heavy atom. The normalized spacial score (nSPS) is 10.7. The van der Waals surface area contributed by atoms with E-state index in [0.717, 1.165) is 21.2 Å². The summed E-state index contributed by atoms with van der Waals surface area (Å²) in [4.78, 5) is 17.4. The van der Waals surface area contributed by atoms with Crippen molar-refractivity contribution in [2.24, 2.45) is 0 Å². The van der Waals surface area contributed by atoms with E-state index in [1.165, 1.54) is 0 Å². The van der Waals surface area contributed by atoms with Gasteiger partial charge in [-0.1, -0.05) is 40.2 Å². The molecule has 0 unspecified atom stereocenters. The van der Waals surface area contributed by atoms with Crippen molar-refractivity contribution in [2.45, 2.75) is 13.2 Å². The highest BCUT2D eigenvalue weighted by atomic mass is 79.9. The molecule has 0 saturated heterocycles. The molecule has 0 aliphatic carbocycles. The minimum absolute atomic E-state index is 0.126. The first kappa shape index (κ1) is 20.0. The summed E-state index contributed by atoms with van der Waals surface area (Å²) in [5, 5.41) is 2.92. The Balaban J connectivity index is 1.57. The van der Waals surface area contributed by atoms with Gasteiger partial charge in [-0.3, -0.25) is 4.79 Å². The fourth-order valence-corrected chi connectivity index (χ4v) is 3.43. The Morgan fingerprint density at radius 2 is 1.70 bits per heavy atom. The summed E-state index contributed by atoms with van der Waals surface area (Å²) in [5.41, 5.74) is 2.43. The Morgan fingerprint density at radius 3 is 2.47 bits per heavy atom. The molecule has 1 heterocycles. The van der Waals surface area contributed by atoms with E-state index in [1.54, 1.807) is 7.11 Å². The lowest BCUT2D eigenvalue weighted by Crippen LogP contribution is -2.20. The second-order valence-electron chi connectivity index (χ2n) is 6.60. The molecular formula is C23H20BrN3O3. The van der Waals surface area contributed by atoms with E-state index in [-0.39, 0.29) is 19.1 Å². The second kappa shape index (κ2) is 9.00. The number of ether oxygens (including phenoxy) is 2. The molecule has 3 aromatic carbocycles. The van der Waals surface area contributed by atoms with Crippen LogP contribution >= 0.6 is 15.9 Å². The zero-order valence-corrected chi connectivity index (χ0v) is 17.9. The molecule has 0 atom stereocenters. The largest absolute Gasteiger partial charge is 0.493 e. The topological polar surface area (TPSA) is 65.4 Å². The molecule has 30 heavy (non-hydrogen) atoms. The fourth-order valence-electron chi connectivity index (χ4n) is 3.17. The molecule has 1 aromatic heterocycles. The maximum absolute atomic E-state index is 12.7. The maximum Gasteiger partial charge on any atom is 0.244 e. The van der Waals surface area contributed by atoms with E-state index in [9.17, 15) is 4.79 Å². The summed E-state index contributed by atoms with van der Waals surface area (Å²) < 4.78 is 14.1. The van der Waals surface area contributed by atoms with E-state index in [4.69, 9.17) is 9.47 Å². The van der Waals surface area contributed by atoms with Gasteiger partial charge in [-0.25, -0.2) is 4.98 Å². The number of imidazole rings is 1. The quantitative estimate of drug-likeness (QED) is 0.415. The molecule has 4 rings (SSSR count). The smallest absolute Gasteiger partial charge is 0.244 e. The third kappa shape index (κ3) is 4.46. The van der Waals surface area contributed by atoms with Crippen LogP contribution in [0.5, 0.6) is 11.5 Å². The van der Waals surface area contributed by atoms with Crippen LogP contribution in [0.3, 0.4) is 0 Å². The van der Waals surface area contributed by atoms with E-state index in [1.807, 2.05) is 77.4 Å². The van der Waals surface area contributed by atoms with Gasteiger partial charge in [0.1, 0.15) is 19.0 Å². The number of hydrogen-bond donors (Lipinski definition) is 1. The summed E-state index contributed by atoms with van der Waals surface area (Å²) in [5.74, 6) is 1.79. The van der Waals surface area contributed by atoms with Crippen LogP contribution in [0.25, 0.3) is 11.0 Å². The van der Waals surface area contributed by atoms with Crippen LogP contribution in [0, 0.1) is 0 Å². The average molecular weight is 466 g/mol. The summed E-state index contributed by atoms with van der Waals surface area (Å²) in [6.45, 7) is 0.335. The van der Waals surface area contributed by atoms with Crippen molar-refractivity contribution in [3.63, 3.8) is 0 Å². The number of halogens is 1. The molecule has 6 nitrogen and oxygen atoms in total. The van der Waals surface area contributed by atoms with Crippen molar-refractivity contribution in [1.82, 2.24) is 9.55 Å². The Bertz CT molecular complexity index is 1170. The van der Waals surface area contributed by atoms with Crippen molar-refractivity contribution in [3.05, 3.63) is 83.1 Å². The third-order valence-electron chi connectivity index (χ3n) is 4.59. The minimum atomic E-state index is -0.140. The first-order valence-corrected chi connectivity index (χ1v) is 10.2. The standard InChI is InChI=1S/C23H20BrN3O3/c1-29-20-8-4-5-9-21(20)30-15-22-26-18-6-2-3-7-19(18)27(22)14-23(28)25-17-12-10-16(24)11-13-17/h2-13H,14-15H2,1H3,(H,25,28). The molecule has 0 bridgehead atoms. The lowest BCUT2D eigenvalue weighted by molar-refractivity contribution is -0.116. The van der Waals surface area contributed by atoms with Gasteiger partial charge in [0.05, 0.1) is 18.1 Å². The molecule has 4 aromatic rings. The number of benzene rings is 3. The summed E-state index contributed by atoms with van der Waals surface area (Å²) >= 11 is 3.40. The Labute approximate surface area is 182 Å². The summed E-state index contributed by atoms with van der Waals surface area (Å²) in [6.07, 6.45) is 0. The van der Waals surface area contributed by atoms with Gasteiger partial charge in [-0.2, -0.15) is 0 Å². The average Bonchev–Trinajstić information content (AvgIpc) is 3.11. The lowest BCUT2D eigenvalue weighted by atomic mass is 10.3. The number of nitrogens with one attached hydrogen (secondary N) is 1. The number of aromatic nitrogens is 2. The molecule has 0 spiro atoms. The predicted molar refractivity (Wildman–Crippen MR) is 120 cm³/mol. The summed E-state index contributed by atoms with van der Waals surface area (Å²) in [7, 11) is 1.60. The molecule has 0 aliphatic heterocycles. The number of fused-ring (bicyclic) bond motifs is 1. The highest BCUT2D eigenvalue weighted by molar-refractivity contribution is 9.10. The van der Waals surface area contributed by atoms with Crippen LogP contribution in [0.2, 0.25) is 0 Å². The Kier molecular flexibility index (Phi) is 5.99. The lowest BCUT2D eigenvalue weighted by Gasteiger charge is -2.12. The molecule has 0 fully saturated rings. The summed E-state index contributed by atoms with van der Waals surface area (Å²) in [6, 6.07) is 22.6. The van der Waals surface area contributed by atoms with Crippen LogP contribution in [-0.2, 0) is 17.9 Å². The molecule has 0 saturated carbocycles. The zero-order valence-electron chi connectivity index (χ0n) is 16.3. The SMILES string of the molecule is COc1ccccc1OCc1nc2ccccc2n1CC(=O)Nc1ccc(Br)cc1. The van der Waals surface area contributed by atoms with Crippen LogP contribution in [0.1, 0.15) is 5.82 Å². The number of hydrogen-bond acceptors (Lipinski definition) is 4. The van der Waals surface area contributed by atoms with Crippen molar-refractivity contribution in [2.75, 3.05) is 12.4 Å². The fraction of sp³-hybridized carbons (Fsp3) is 0.130. The molecule has 0 radical (unpaired) electrons. The number of carbonyl (C=O) groups excluding carboxylic acids is 1. The van der Waals surface area contributed by atoms with E-state index >= 15 is 0 Å². The van der Waals surface area contributed by atoms with Crippen molar-refractivity contribution in [3.8, 4) is 11.5 Å². The van der Waals surface area contributed by atoms with Gasteiger partial charge in [0.2, 0.25) is 5.91 Å². The van der Waals surface area contributed by atoms with Gasteiger partial charge in [-0.05, 0) is 48.5 Å². The number of nitrogens with zero attached hydrogens (tertiary/aromatic N) is 2. The number of para-hydroxylation sites is 4. The molecule has 0 aliphatic rings. The van der Waals surface area contributed by atoms with E-state index in [0.29, 0.717) is 17.3 Å². The number of rotatable bonds is 7. The van der Waals surface area contributed by atoms with Crippen LogP contribution in [0.15, 0.2) is 77.3 Å². The number of methoxy groups -OCH3 is 1. The highest BCUT2D eigenvalue weighted by Crippen LogP contribution is 2.27. The maximum atomic E-state index is 12.7. The second-order valence-corrected chi connectivity index (χ2v) is 7.51. The van der Waals surface area contributed by atoms with Gasteiger partial charge in [0, 0.05) is 10.2 Å². The van der Waals surface area contributed by atoms with Crippen LogP contribution in [-0.4, -0.2) is 22.6 Å². The van der Waals surface area contributed by atoms with Crippen molar-refractivity contribution >= 4 is 38.6 Å². The van der Waals surface area contributed by atoms with Crippen molar-refractivity contribution < 1.29 is 14.3 Å². The van der Waals surface area contributed by atoms with E-state index in [2.05, 4.69) is 26.2 Å². The Hall–Kier alpha value is -3.32. The third-order valence-corrected chi connectivity index (χ3v) is 5.12. The van der Waals surface area contributed by atoms with Crippen LogP contribution < -0.4 is 14.8 Å². The first-order valence-electron chi connectivity index (χ1n) is 9.39. The number of carbonyl (C=O) groups is 1. The molecule has 1 amide bonds.